The Kier molecular flexibility index (Phi) is 4.23. The van der Waals surface area contributed by atoms with E-state index in [9.17, 15) is 0 Å². The predicted molar refractivity (Wildman–Crippen MR) is 71.1 cm³/mol. The zero-order chi connectivity index (χ0) is 12.1. The number of hydrogen-bond donors (Lipinski definition) is 1. The number of hydrogen-bond acceptors (Lipinski definition) is 4. The van der Waals surface area contributed by atoms with Gasteiger partial charge in [-0.05, 0) is 31.4 Å². The van der Waals surface area contributed by atoms with Crippen molar-refractivity contribution in [1.82, 2.24) is 4.98 Å². The minimum Gasteiger partial charge on any atom is -0.441 e. The van der Waals surface area contributed by atoms with Crippen molar-refractivity contribution >= 4 is 11.8 Å². The number of rotatable bonds is 5. The smallest absolute Gasteiger partial charge is 0.194 e. The summed E-state index contributed by atoms with van der Waals surface area (Å²) in [4.78, 5) is 5.49. The second-order valence-corrected chi connectivity index (χ2v) is 4.62. The highest BCUT2D eigenvalue weighted by Crippen LogP contribution is 2.23. The topological polar surface area (TPSA) is 52.0 Å². The van der Waals surface area contributed by atoms with E-state index in [-0.39, 0.29) is 0 Å². The van der Waals surface area contributed by atoms with Crippen LogP contribution in [0.1, 0.15) is 12.3 Å². The Morgan fingerprint density at radius 2 is 2.06 bits per heavy atom. The third-order valence-electron chi connectivity index (χ3n) is 2.52. The first-order valence-corrected chi connectivity index (χ1v) is 6.85. The molecule has 0 amide bonds. The van der Waals surface area contributed by atoms with Gasteiger partial charge in [-0.25, -0.2) is 4.98 Å². The molecule has 1 aromatic heterocycles. The first kappa shape index (κ1) is 12.2. The van der Waals surface area contributed by atoms with Gasteiger partial charge in [0.2, 0.25) is 0 Å². The predicted octanol–water partition coefficient (Wildman–Crippen LogP) is 2.95. The lowest BCUT2D eigenvalue weighted by Crippen LogP contribution is -2.00. The van der Waals surface area contributed by atoms with Gasteiger partial charge in [0.15, 0.2) is 11.7 Å². The quantitative estimate of drug-likeness (QED) is 0.826. The first-order chi connectivity index (χ1) is 8.33. The molecule has 0 saturated carbocycles. The van der Waals surface area contributed by atoms with Crippen LogP contribution in [0.2, 0.25) is 0 Å². The highest BCUT2D eigenvalue weighted by Gasteiger charge is 2.05. The summed E-state index contributed by atoms with van der Waals surface area (Å²) < 4.78 is 5.67. The number of aromatic nitrogens is 1. The van der Waals surface area contributed by atoms with Crippen molar-refractivity contribution in [3.8, 4) is 11.3 Å². The molecule has 0 aliphatic carbocycles. The van der Waals surface area contributed by atoms with Gasteiger partial charge in [0.25, 0.3) is 0 Å². The summed E-state index contributed by atoms with van der Waals surface area (Å²) in [6.07, 6.45) is 5.55. The monoisotopic (exact) mass is 248 g/mol. The average Bonchev–Trinajstić information content (AvgIpc) is 2.85. The lowest BCUT2D eigenvalue weighted by Gasteiger charge is -1.98. The zero-order valence-corrected chi connectivity index (χ0v) is 10.7. The number of nitrogens with two attached hydrogens (primary N) is 1. The molecule has 2 N–H and O–H groups in total. The van der Waals surface area contributed by atoms with Crippen LogP contribution in [0.15, 0.2) is 39.8 Å². The van der Waals surface area contributed by atoms with Gasteiger partial charge in [0.05, 0.1) is 6.20 Å². The Hall–Kier alpha value is -1.26. The molecule has 1 aromatic carbocycles. The van der Waals surface area contributed by atoms with Crippen molar-refractivity contribution in [3.63, 3.8) is 0 Å². The van der Waals surface area contributed by atoms with Gasteiger partial charge >= 0.3 is 0 Å². The molecule has 0 saturated heterocycles. The van der Waals surface area contributed by atoms with Crippen molar-refractivity contribution in [3.05, 3.63) is 36.4 Å². The van der Waals surface area contributed by atoms with Gasteiger partial charge in [0, 0.05) is 16.9 Å². The van der Waals surface area contributed by atoms with Crippen molar-refractivity contribution < 1.29 is 4.42 Å². The normalized spacial score (nSPS) is 10.7. The van der Waals surface area contributed by atoms with Crippen LogP contribution in [0.4, 0.5) is 0 Å². The summed E-state index contributed by atoms with van der Waals surface area (Å²) in [7, 11) is 0. The molecular formula is C13H16N2OS. The lowest BCUT2D eigenvalue weighted by atomic mass is 10.2. The molecule has 17 heavy (non-hydrogen) atoms. The van der Waals surface area contributed by atoms with E-state index in [0.717, 1.165) is 30.1 Å². The van der Waals surface area contributed by atoms with Gasteiger partial charge in [-0.3, -0.25) is 0 Å². The Labute approximate surface area is 105 Å². The van der Waals surface area contributed by atoms with Crippen LogP contribution in [-0.2, 0) is 6.42 Å². The maximum absolute atomic E-state index is 5.67. The first-order valence-electron chi connectivity index (χ1n) is 5.62. The van der Waals surface area contributed by atoms with Gasteiger partial charge in [-0.2, -0.15) is 0 Å². The van der Waals surface area contributed by atoms with Gasteiger partial charge < -0.3 is 10.2 Å². The molecule has 0 atom stereocenters. The van der Waals surface area contributed by atoms with Crippen molar-refractivity contribution in [2.75, 3.05) is 12.8 Å². The lowest BCUT2D eigenvalue weighted by molar-refractivity contribution is 0.499. The third-order valence-corrected chi connectivity index (χ3v) is 3.27. The van der Waals surface area contributed by atoms with Crippen molar-refractivity contribution in [1.29, 1.82) is 0 Å². The number of benzene rings is 1. The maximum Gasteiger partial charge on any atom is 0.194 e. The summed E-state index contributed by atoms with van der Waals surface area (Å²) in [5, 5.41) is 0. The number of aryl methyl sites for hydroxylation is 1. The Morgan fingerprint density at radius 3 is 2.71 bits per heavy atom. The Morgan fingerprint density at radius 1 is 1.29 bits per heavy atom. The van der Waals surface area contributed by atoms with Crippen LogP contribution < -0.4 is 5.73 Å². The number of thioether (sulfide) groups is 1. The fraction of sp³-hybridized carbons (Fsp3) is 0.308. The van der Waals surface area contributed by atoms with Gasteiger partial charge in [-0.1, -0.05) is 12.1 Å². The Balaban J connectivity index is 2.12. The molecule has 0 aliphatic rings. The largest absolute Gasteiger partial charge is 0.441 e. The van der Waals surface area contributed by atoms with E-state index >= 15 is 0 Å². The molecule has 0 unspecified atom stereocenters. The molecule has 3 nitrogen and oxygen atoms in total. The molecule has 1 heterocycles. The summed E-state index contributed by atoms with van der Waals surface area (Å²) in [5.74, 6) is 1.59. The Bertz CT molecular complexity index is 465. The summed E-state index contributed by atoms with van der Waals surface area (Å²) in [6.45, 7) is 0.667. The van der Waals surface area contributed by atoms with Crippen LogP contribution in [0.25, 0.3) is 11.3 Å². The standard InChI is InChI=1S/C13H16N2OS/c1-17-11-6-4-10(5-7-11)12-9-15-13(16-12)3-2-8-14/h4-7,9H,2-3,8,14H2,1H3. The highest BCUT2D eigenvalue weighted by molar-refractivity contribution is 7.98. The molecule has 0 bridgehead atoms. The van der Waals surface area contributed by atoms with E-state index in [1.165, 1.54) is 4.90 Å². The summed E-state index contributed by atoms with van der Waals surface area (Å²) in [6, 6.07) is 8.28. The highest BCUT2D eigenvalue weighted by atomic mass is 32.2. The molecule has 0 fully saturated rings. The van der Waals surface area contributed by atoms with E-state index in [0.29, 0.717) is 6.54 Å². The fourth-order valence-corrected chi connectivity index (χ4v) is 1.98. The SMILES string of the molecule is CSc1ccc(-c2cnc(CCCN)o2)cc1. The van der Waals surface area contributed by atoms with Crippen LogP contribution in [0.5, 0.6) is 0 Å². The number of nitrogens with zero attached hydrogens (tertiary/aromatic N) is 1. The van der Waals surface area contributed by atoms with Crippen LogP contribution in [-0.4, -0.2) is 17.8 Å². The molecule has 90 valence electrons. The summed E-state index contributed by atoms with van der Waals surface area (Å²) >= 11 is 1.73. The van der Waals surface area contributed by atoms with Crippen molar-refractivity contribution in [2.24, 2.45) is 5.73 Å². The third kappa shape index (κ3) is 3.11. The molecule has 2 aromatic rings. The molecule has 4 heteroatoms. The van der Waals surface area contributed by atoms with Crippen molar-refractivity contribution in [2.45, 2.75) is 17.7 Å². The number of oxazole rings is 1. The maximum atomic E-state index is 5.67. The van der Waals surface area contributed by atoms with Gasteiger partial charge in [-0.15, -0.1) is 11.8 Å². The van der Waals surface area contributed by atoms with Crippen LogP contribution in [0, 0.1) is 0 Å². The van der Waals surface area contributed by atoms with Gasteiger partial charge in [0.1, 0.15) is 0 Å². The summed E-state index contributed by atoms with van der Waals surface area (Å²) in [5.41, 5.74) is 6.52. The second kappa shape index (κ2) is 5.89. The van der Waals surface area contributed by atoms with E-state index in [2.05, 4.69) is 35.5 Å². The molecule has 0 spiro atoms. The molecular weight excluding hydrogens is 232 g/mol. The second-order valence-electron chi connectivity index (χ2n) is 3.74. The van der Waals surface area contributed by atoms with E-state index in [1.807, 2.05) is 0 Å². The van der Waals surface area contributed by atoms with E-state index in [4.69, 9.17) is 10.2 Å². The average molecular weight is 248 g/mol. The van der Waals surface area contributed by atoms with Crippen LogP contribution >= 0.6 is 11.8 Å². The minimum atomic E-state index is 0.667. The molecule has 0 aliphatic heterocycles. The van der Waals surface area contributed by atoms with E-state index < -0.39 is 0 Å². The van der Waals surface area contributed by atoms with E-state index in [1.54, 1.807) is 18.0 Å². The minimum absolute atomic E-state index is 0.667. The molecule has 2 rings (SSSR count). The van der Waals surface area contributed by atoms with Crippen LogP contribution in [0.3, 0.4) is 0 Å². The zero-order valence-electron chi connectivity index (χ0n) is 9.85. The fourth-order valence-electron chi connectivity index (χ4n) is 1.57. The molecule has 0 radical (unpaired) electrons.